The maximum absolute atomic E-state index is 12.3. The molecule has 4 heteroatoms. The van der Waals surface area contributed by atoms with Crippen LogP contribution in [0.25, 0.3) is 0 Å². The number of hydrogen-bond donors (Lipinski definition) is 0. The molecule has 0 N–H and O–H groups in total. The Hall–Kier alpha value is -0.710. The molecule has 0 saturated carbocycles. The lowest BCUT2D eigenvalue weighted by Gasteiger charge is -2.07. The first kappa shape index (κ1) is 14.2. The van der Waals surface area contributed by atoms with Crippen molar-refractivity contribution in [3.63, 3.8) is 0 Å². The average molecular weight is 365 g/mol. The van der Waals surface area contributed by atoms with E-state index in [9.17, 15) is 4.79 Å². The largest absolute Gasteiger partial charge is 0.294 e. The van der Waals surface area contributed by atoms with Crippen LogP contribution in [0.5, 0.6) is 0 Å². The number of rotatable bonds is 3. The molecule has 1 heterocycles. The average Bonchev–Trinajstić information content (AvgIpc) is 2.80. The van der Waals surface area contributed by atoms with Crippen molar-refractivity contribution in [1.82, 2.24) is 0 Å². The van der Waals surface area contributed by atoms with E-state index in [1.807, 2.05) is 36.0 Å². The lowest BCUT2D eigenvalue weighted by atomic mass is 10.1. The molecule has 1 nitrogen and oxygen atoms in total. The van der Waals surface area contributed by atoms with E-state index in [1.54, 1.807) is 11.8 Å². The van der Waals surface area contributed by atoms with Gasteiger partial charge in [-0.3, -0.25) is 4.79 Å². The fraction of sp³-hybridized carbons (Fsp3) is 0.188. The summed E-state index contributed by atoms with van der Waals surface area (Å²) >= 11 is 7.02. The number of hydrogen-bond acceptors (Lipinski definition) is 3. The molecular formula is C16H13BrOS2. The predicted molar refractivity (Wildman–Crippen MR) is 89.8 cm³/mol. The highest BCUT2D eigenvalue weighted by Gasteiger charge is 2.25. The zero-order valence-corrected chi connectivity index (χ0v) is 14.1. The van der Waals surface area contributed by atoms with Crippen molar-refractivity contribution >= 4 is 45.2 Å². The Kier molecular flexibility index (Phi) is 4.24. The minimum Gasteiger partial charge on any atom is -0.294 e. The van der Waals surface area contributed by atoms with E-state index in [0.717, 1.165) is 10.0 Å². The second-order valence-corrected chi connectivity index (χ2v) is 8.46. The molecule has 0 amide bonds. The number of carbonyl (C=O) groups excluding carboxylic acids is 1. The minimum absolute atomic E-state index is 0.209. The van der Waals surface area contributed by atoms with Crippen molar-refractivity contribution in [3.05, 3.63) is 58.1 Å². The number of carbonyl (C=O) groups is 1. The summed E-state index contributed by atoms with van der Waals surface area (Å²) in [6, 6.07) is 14.1. The third kappa shape index (κ3) is 3.13. The highest BCUT2D eigenvalue weighted by atomic mass is 79.9. The molecule has 0 fully saturated rings. The fourth-order valence-electron chi connectivity index (χ4n) is 2.13. The molecule has 0 unspecified atom stereocenters. The van der Waals surface area contributed by atoms with E-state index in [0.29, 0.717) is 11.0 Å². The van der Waals surface area contributed by atoms with E-state index in [2.05, 4.69) is 41.1 Å². The van der Waals surface area contributed by atoms with Gasteiger partial charge >= 0.3 is 0 Å². The van der Waals surface area contributed by atoms with E-state index in [-0.39, 0.29) is 5.78 Å². The molecule has 1 atom stereocenters. The van der Waals surface area contributed by atoms with Crippen LogP contribution < -0.4 is 0 Å². The highest BCUT2D eigenvalue weighted by molar-refractivity contribution is 9.10. The quantitative estimate of drug-likeness (QED) is 0.664. The van der Waals surface area contributed by atoms with Gasteiger partial charge in [-0.2, -0.15) is 0 Å². The van der Waals surface area contributed by atoms with Crippen LogP contribution in [0.2, 0.25) is 0 Å². The summed E-state index contributed by atoms with van der Waals surface area (Å²) in [5, 5.41) is 0. The van der Waals surface area contributed by atoms with Crippen molar-refractivity contribution in [1.29, 1.82) is 0 Å². The fourth-order valence-corrected chi connectivity index (χ4v) is 5.42. The zero-order valence-electron chi connectivity index (χ0n) is 10.9. The molecule has 0 radical (unpaired) electrons. The topological polar surface area (TPSA) is 17.1 Å². The summed E-state index contributed by atoms with van der Waals surface area (Å²) in [6.07, 6.45) is 0.569. The standard InChI is InChI=1S/C16H13BrOS2/c1-10-5-6-14-15(7-10)20-16(19-14)9-13(18)11-3-2-4-12(17)8-11/h2-8,16H,9H2,1H3/t16-/m0/s1. The number of aryl methyl sites for hydroxylation is 1. The smallest absolute Gasteiger partial charge is 0.164 e. The molecule has 0 spiro atoms. The summed E-state index contributed by atoms with van der Waals surface area (Å²) in [5.41, 5.74) is 2.06. The Morgan fingerprint density at radius 3 is 2.75 bits per heavy atom. The molecule has 2 aromatic carbocycles. The van der Waals surface area contributed by atoms with Crippen LogP contribution in [0.4, 0.5) is 0 Å². The molecule has 1 aliphatic rings. The summed E-state index contributed by atoms with van der Waals surface area (Å²) in [7, 11) is 0. The van der Waals surface area contributed by atoms with Crippen LogP contribution in [-0.4, -0.2) is 10.4 Å². The van der Waals surface area contributed by atoms with Crippen molar-refractivity contribution in [2.45, 2.75) is 27.7 Å². The van der Waals surface area contributed by atoms with Gasteiger partial charge in [-0.25, -0.2) is 0 Å². The molecule has 3 rings (SSSR count). The lowest BCUT2D eigenvalue weighted by molar-refractivity contribution is 0.0987. The van der Waals surface area contributed by atoms with Gasteiger partial charge in [0.25, 0.3) is 0 Å². The predicted octanol–water partition coefficient (Wildman–Crippen LogP) is 5.55. The lowest BCUT2D eigenvalue weighted by Crippen LogP contribution is -2.05. The molecule has 0 bridgehead atoms. The van der Waals surface area contributed by atoms with Crippen molar-refractivity contribution in [2.75, 3.05) is 0 Å². The van der Waals surface area contributed by atoms with Gasteiger partial charge in [0.2, 0.25) is 0 Å². The van der Waals surface area contributed by atoms with Gasteiger partial charge in [-0.1, -0.05) is 34.1 Å². The second kappa shape index (κ2) is 5.96. The van der Waals surface area contributed by atoms with Crippen molar-refractivity contribution < 1.29 is 4.79 Å². The molecule has 102 valence electrons. The van der Waals surface area contributed by atoms with E-state index in [1.165, 1.54) is 15.4 Å². The van der Waals surface area contributed by atoms with Gasteiger partial charge in [0, 0.05) is 26.2 Å². The first-order valence-corrected chi connectivity index (χ1v) is 8.90. The van der Waals surface area contributed by atoms with Gasteiger partial charge in [0.15, 0.2) is 5.78 Å². The summed E-state index contributed by atoms with van der Waals surface area (Å²) in [4.78, 5) is 14.9. The SMILES string of the molecule is Cc1ccc2c(c1)S[C@@H](CC(=O)c1cccc(Br)c1)S2. The van der Waals surface area contributed by atoms with Crippen LogP contribution in [0.3, 0.4) is 0 Å². The maximum Gasteiger partial charge on any atom is 0.164 e. The highest BCUT2D eigenvalue weighted by Crippen LogP contribution is 2.49. The van der Waals surface area contributed by atoms with Crippen LogP contribution in [0.15, 0.2) is 56.7 Å². The molecule has 0 aliphatic carbocycles. The van der Waals surface area contributed by atoms with Gasteiger partial charge in [0.05, 0.1) is 4.58 Å². The number of ketones is 1. The monoisotopic (exact) mass is 364 g/mol. The third-order valence-electron chi connectivity index (χ3n) is 3.11. The Labute approximate surface area is 135 Å². The third-order valence-corrected chi connectivity index (χ3v) is 6.38. The molecule has 1 aliphatic heterocycles. The number of benzene rings is 2. The molecule has 20 heavy (non-hydrogen) atoms. The molecular weight excluding hydrogens is 352 g/mol. The molecule has 0 aromatic heterocycles. The Morgan fingerprint density at radius 2 is 1.95 bits per heavy atom. The van der Waals surface area contributed by atoms with Gasteiger partial charge in [-0.05, 0) is 36.8 Å². The Bertz CT molecular complexity index is 669. The number of Topliss-reactive ketones (excluding diaryl/α,β-unsaturated/α-hetero) is 1. The number of halogens is 1. The normalized spacial score (nSPS) is 17.0. The summed E-state index contributed by atoms with van der Waals surface area (Å²) < 4.78 is 1.24. The summed E-state index contributed by atoms with van der Waals surface area (Å²) in [6.45, 7) is 2.10. The Balaban J connectivity index is 1.70. The molecule has 2 aromatic rings. The van der Waals surface area contributed by atoms with Crippen LogP contribution in [0.1, 0.15) is 22.3 Å². The van der Waals surface area contributed by atoms with Crippen LogP contribution in [-0.2, 0) is 0 Å². The summed E-state index contributed by atoms with van der Waals surface area (Å²) in [5.74, 6) is 0.209. The van der Waals surface area contributed by atoms with E-state index < -0.39 is 0 Å². The number of thioether (sulfide) groups is 2. The van der Waals surface area contributed by atoms with Gasteiger partial charge in [0.1, 0.15) is 0 Å². The maximum atomic E-state index is 12.3. The second-order valence-electron chi connectivity index (χ2n) is 4.75. The van der Waals surface area contributed by atoms with E-state index >= 15 is 0 Å². The first-order valence-electron chi connectivity index (χ1n) is 6.34. The van der Waals surface area contributed by atoms with E-state index in [4.69, 9.17) is 0 Å². The number of fused-ring (bicyclic) bond motifs is 1. The van der Waals surface area contributed by atoms with Crippen molar-refractivity contribution in [3.8, 4) is 0 Å². The Morgan fingerprint density at radius 1 is 1.15 bits per heavy atom. The van der Waals surface area contributed by atoms with Crippen molar-refractivity contribution in [2.24, 2.45) is 0 Å². The van der Waals surface area contributed by atoms with Crippen LogP contribution in [0, 0.1) is 6.92 Å². The zero-order chi connectivity index (χ0) is 14.1. The van der Waals surface area contributed by atoms with Gasteiger partial charge < -0.3 is 0 Å². The molecule has 0 saturated heterocycles. The van der Waals surface area contributed by atoms with Gasteiger partial charge in [-0.15, -0.1) is 23.5 Å². The minimum atomic E-state index is 0.209. The van der Waals surface area contributed by atoms with Crippen LogP contribution >= 0.6 is 39.5 Å². The first-order chi connectivity index (χ1) is 9.61.